The van der Waals surface area contributed by atoms with Gasteiger partial charge >= 0.3 is 0 Å². The van der Waals surface area contributed by atoms with Crippen molar-refractivity contribution in [1.82, 2.24) is 4.98 Å². The molecule has 1 heterocycles. The Bertz CT molecular complexity index is 1070. The number of hydrogen-bond acceptors (Lipinski definition) is 6. The number of carbonyl (C=O) groups is 1. The summed E-state index contributed by atoms with van der Waals surface area (Å²) in [7, 11) is 0. The first-order chi connectivity index (χ1) is 14.3. The maximum atomic E-state index is 11.6. The lowest BCUT2D eigenvalue weighted by Gasteiger charge is -2.05. The quantitative estimate of drug-likeness (QED) is 0.330. The summed E-state index contributed by atoms with van der Waals surface area (Å²) in [6.45, 7) is 1.43. The molecule has 9 heteroatoms. The molecule has 0 saturated heterocycles. The predicted octanol–water partition coefficient (Wildman–Crippen LogP) is 4.51. The van der Waals surface area contributed by atoms with E-state index in [1.165, 1.54) is 30.4 Å². The molecule has 1 amide bonds. The molecule has 154 valence electrons. The van der Waals surface area contributed by atoms with Crippen LogP contribution in [0.25, 0.3) is 12.2 Å². The molecule has 3 rings (SSSR count). The Morgan fingerprint density at radius 1 is 1.17 bits per heavy atom. The molecule has 0 aliphatic rings. The van der Waals surface area contributed by atoms with E-state index in [1.54, 1.807) is 18.4 Å². The molecule has 7 nitrogen and oxygen atoms in total. The molecule has 0 aliphatic heterocycles. The van der Waals surface area contributed by atoms with E-state index in [9.17, 15) is 19.5 Å². The van der Waals surface area contributed by atoms with Gasteiger partial charge in [0.15, 0.2) is 10.0 Å². The third-order valence-corrected chi connectivity index (χ3v) is 6.09. The van der Waals surface area contributed by atoms with Gasteiger partial charge < -0.3 is 9.87 Å². The number of amides is 1. The molecule has 1 atom stereocenters. The molecule has 0 bridgehead atoms. The maximum Gasteiger partial charge on any atom is 0.269 e. The van der Waals surface area contributed by atoms with Gasteiger partial charge in [-0.1, -0.05) is 18.2 Å². The van der Waals surface area contributed by atoms with E-state index in [0.717, 1.165) is 20.9 Å². The van der Waals surface area contributed by atoms with Crippen molar-refractivity contribution in [1.29, 1.82) is 0 Å². The summed E-state index contributed by atoms with van der Waals surface area (Å²) < 4.78 is 11.6. The standard InChI is InChI=1S/C21H19N3O4S2/c1-14(25)22-21-23-19(12-7-15-3-8-17(9-4-15)24(26)27)20(29-21)13-16-5-10-18(11-6-16)30(2)28/h3-12H,13H2,1-2H3,(H,22,23,25)/b12-7-. The molecule has 0 saturated carbocycles. The largest absolute Gasteiger partial charge is 0.612 e. The molecule has 0 fully saturated rings. The molecule has 0 spiro atoms. The van der Waals surface area contributed by atoms with Crippen LogP contribution in [0, 0.1) is 10.1 Å². The number of hydrogen-bond donors (Lipinski definition) is 1. The van der Waals surface area contributed by atoms with Crippen LogP contribution in [-0.4, -0.2) is 26.6 Å². The Morgan fingerprint density at radius 3 is 2.40 bits per heavy atom. The van der Waals surface area contributed by atoms with Crippen LogP contribution in [0.1, 0.15) is 28.6 Å². The van der Waals surface area contributed by atoms with E-state index in [0.29, 0.717) is 17.2 Å². The molecule has 2 aromatic carbocycles. The van der Waals surface area contributed by atoms with Gasteiger partial charge in [-0.05, 0) is 52.6 Å². The highest BCUT2D eigenvalue weighted by atomic mass is 32.2. The van der Waals surface area contributed by atoms with Crippen molar-refractivity contribution >= 4 is 51.4 Å². The van der Waals surface area contributed by atoms with E-state index in [-0.39, 0.29) is 11.6 Å². The van der Waals surface area contributed by atoms with Crippen LogP contribution in [0.2, 0.25) is 0 Å². The second-order valence-corrected chi connectivity index (χ2v) is 8.93. The number of anilines is 1. The normalized spacial score (nSPS) is 12.1. The van der Waals surface area contributed by atoms with Gasteiger partial charge in [-0.15, -0.1) is 11.3 Å². The van der Waals surface area contributed by atoms with Crippen molar-refractivity contribution < 1.29 is 14.3 Å². The Balaban J connectivity index is 1.85. The van der Waals surface area contributed by atoms with Crippen LogP contribution < -0.4 is 5.32 Å². The van der Waals surface area contributed by atoms with Crippen molar-refractivity contribution in [2.45, 2.75) is 18.2 Å². The van der Waals surface area contributed by atoms with E-state index in [1.807, 2.05) is 36.4 Å². The molecule has 0 aliphatic carbocycles. The third-order valence-electron chi connectivity index (χ3n) is 4.17. The molecular weight excluding hydrogens is 422 g/mol. The number of nitro benzene ring substituents is 1. The number of nitrogens with one attached hydrogen (secondary N) is 1. The van der Waals surface area contributed by atoms with E-state index < -0.39 is 16.1 Å². The fourth-order valence-corrected chi connectivity index (χ4v) is 4.24. The SMILES string of the molecule is CC(=O)Nc1nc(/C=C\c2ccc([N+](=O)[O-])cc2)c(Cc2ccc([S+](C)[O-])cc2)s1. The monoisotopic (exact) mass is 441 g/mol. The number of nitrogens with zero attached hydrogens (tertiary/aromatic N) is 2. The lowest BCUT2D eigenvalue weighted by atomic mass is 10.1. The van der Waals surface area contributed by atoms with Gasteiger partial charge in [0.05, 0.1) is 10.6 Å². The van der Waals surface area contributed by atoms with Gasteiger partial charge in [0, 0.05) is 30.4 Å². The van der Waals surface area contributed by atoms with E-state index >= 15 is 0 Å². The van der Waals surface area contributed by atoms with Gasteiger partial charge in [-0.2, -0.15) is 0 Å². The topological polar surface area (TPSA) is 108 Å². The Morgan fingerprint density at radius 2 is 1.83 bits per heavy atom. The van der Waals surface area contributed by atoms with Crippen molar-refractivity contribution in [3.05, 3.63) is 80.3 Å². The number of carbonyl (C=O) groups excluding carboxylic acids is 1. The highest BCUT2D eigenvalue weighted by Gasteiger charge is 2.12. The molecule has 1 N–H and O–H groups in total. The van der Waals surface area contributed by atoms with E-state index in [2.05, 4.69) is 10.3 Å². The summed E-state index contributed by atoms with van der Waals surface area (Å²) in [5, 5.41) is 14.0. The molecule has 3 aromatic rings. The minimum absolute atomic E-state index is 0.0332. The van der Waals surface area contributed by atoms with Crippen molar-refractivity contribution in [2.24, 2.45) is 0 Å². The first kappa shape index (κ1) is 21.7. The number of rotatable bonds is 7. The zero-order valence-corrected chi connectivity index (χ0v) is 18.0. The van der Waals surface area contributed by atoms with Crippen molar-refractivity contribution in [2.75, 3.05) is 11.6 Å². The Labute approximate surface area is 180 Å². The smallest absolute Gasteiger partial charge is 0.269 e. The lowest BCUT2D eigenvalue weighted by molar-refractivity contribution is -0.384. The number of thiazole rings is 1. The summed E-state index contributed by atoms with van der Waals surface area (Å²) in [6, 6.07) is 13.8. The Kier molecular flexibility index (Phi) is 6.99. The number of aromatic nitrogens is 1. The highest BCUT2D eigenvalue weighted by Crippen LogP contribution is 2.28. The average molecular weight is 442 g/mol. The van der Waals surface area contributed by atoms with Crippen molar-refractivity contribution in [3.63, 3.8) is 0 Å². The zero-order chi connectivity index (χ0) is 21.7. The summed E-state index contributed by atoms with van der Waals surface area (Å²) in [4.78, 5) is 28.0. The molecule has 0 radical (unpaired) electrons. The zero-order valence-electron chi connectivity index (χ0n) is 16.3. The highest BCUT2D eigenvalue weighted by molar-refractivity contribution is 7.90. The summed E-state index contributed by atoms with van der Waals surface area (Å²) >= 11 is 0.361. The second-order valence-electron chi connectivity index (χ2n) is 6.47. The summed E-state index contributed by atoms with van der Waals surface area (Å²) in [5.74, 6) is -0.198. The molecule has 1 aromatic heterocycles. The lowest BCUT2D eigenvalue weighted by Crippen LogP contribution is -2.04. The van der Waals surface area contributed by atoms with Gasteiger partial charge in [0.25, 0.3) is 5.69 Å². The first-order valence-corrected chi connectivity index (χ1v) is 11.3. The molecular formula is C21H19N3O4S2. The molecule has 1 unspecified atom stereocenters. The summed E-state index contributed by atoms with van der Waals surface area (Å²) in [6.07, 6.45) is 5.89. The molecule has 30 heavy (non-hydrogen) atoms. The van der Waals surface area contributed by atoms with Crippen LogP contribution in [0.5, 0.6) is 0 Å². The van der Waals surface area contributed by atoms with Gasteiger partial charge in [-0.3, -0.25) is 14.9 Å². The van der Waals surface area contributed by atoms with Gasteiger partial charge in [0.2, 0.25) is 5.91 Å². The predicted molar refractivity (Wildman–Crippen MR) is 120 cm³/mol. The van der Waals surface area contributed by atoms with Crippen LogP contribution in [0.3, 0.4) is 0 Å². The number of benzene rings is 2. The fourth-order valence-electron chi connectivity index (χ4n) is 2.69. The fraction of sp³-hybridized carbons (Fsp3) is 0.143. The third kappa shape index (κ3) is 5.76. The van der Waals surface area contributed by atoms with Crippen LogP contribution in [0.15, 0.2) is 53.4 Å². The number of nitro groups is 1. The van der Waals surface area contributed by atoms with Crippen LogP contribution >= 0.6 is 11.3 Å². The van der Waals surface area contributed by atoms with Crippen LogP contribution in [0.4, 0.5) is 10.8 Å². The van der Waals surface area contributed by atoms with Gasteiger partial charge in [0.1, 0.15) is 6.26 Å². The first-order valence-electron chi connectivity index (χ1n) is 8.94. The average Bonchev–Trinajstić information content (AvgIpc) is 3.07. The van der Waals surface area contributed by atoms with Crippen LogP contribution in [-0.2, 0) is 22.4 Å². The van der Waals surface area contributed by atoms with Crippen molar-refractivity contribution in [3.8, 4) is 0 Å². The second kappa shape index (κ2) is 9.66. The minimum atomic E-state index is -1.03. The summed E-state index contributed by atoms with van der Waals surface area (Å²) in [5.41, 5.74) is 2.58. The van der Waals surface area contributed by atoms with Gasteiger partial charge in [-0.25, -0.2) is 4.98 Å². The Hall–Kier alpha value is -3.01. The maximum absolute atomic E-state index is 11.6. The number of non-ortho nitro benzene ring substituents is 1. The van der Waals surface area contributed by atoms with E-state index in [4.69, 9.17) is 0 Å². The minimum Gasteiger partial charge on any atom is -0.612 e.